The average Bonchev–Trinajstić information content (AvgIpc) is 3.56. The highest BCUT2D eigenvalue weighted by Gasteiger charge is 2.19. The minimum atomic E-state index is -0.264. The van der Waals surface area contributed by atoms with Crippen LogP contribution in [0, 0.1) is 0 Å². The minimum Gasteiger partial charge on any atom is -0.307 e. The molecule has 0 fully saturated rings. The van der Waals surface area contributed by atoms with E-state index in [1.165, 1.54) is 0 Å². The van der Waals surface area contributed by atoms with Crippen molar-refractivity contribution in [3.05, 3.63) is 81.4 Å². The van der Waals surface area contributed by atoms with Crippen LogP contribution in [0.5, 0.6) is 0 Å². The third-order valence-electron chi connectivity index (χ3n) is 5.22. The number of benzene rings is 1. The number of aryl methyl sites for hydroxylation is 1. The first-order valence-corrected chi connectivity index (χ1v) is 11.8. The monoisotopic (exact) mass is 496 g/mol. The second-order valence-corrected chi connectivity index (χ2v) is 9.09. The maximum Gasteiger partial charge on any atom is 0.257 e. The molecule has 0 saturated carbocycles. The molecule has 0 atom stereocenters. The first-order valence-electron chi connectivity index (χ1n) is 10.2. The number of aromatic nitrogens is 5. The zero-order valence-corrected chi connectivity index (χ0v) is 19.8. The van der Waals surface area contributed by atoms with Gasteiger partial charge in [0.1, 0.15) is 5.82 Å². The van der Waals surface area contributed by atoms with E-state index >= 15 is 0 Å². The lowest BCUT2D eigenvalue weighted by Gasteiger charge is -2.12. The van der Waals surface area contributed by atoms with E-state index in [0.717, 1.165) is 16.1 Å². The number of hydrogen-bond donors (Lipinski definition) is 1. The van der Waals surface area contributed by atoms with Crippen LogP contribution < -0.4 is 5.32 Å². The van der Waals surface area contributed by atoms with Crippen molar-refractivity contribution in [1.29, 1.82) is 0 Å². The Kier molecular flexibility index (Phi) is 5.88. The molecule has 166 valence electrons. The molecule has 5 aromatic rings. The first-order chi connectivity index (χ1) is 16.0. The minimum absolute atomic E-state index is 0.264. The van der Waals surface area contributed by atoms with E-state index in [1.807, 2.05) is 36.6 Å². The molecule has 5 rings (SSSR count). The van der Waals surface area contributed by atoms with Gasteiger partial charge in [0, 0.05) is 22.7 Å². The Morgan fingerprint density at radius 2 is 2.00 bits per heavy atom. The zero-order valence-electron chi connectivity index (χ0n) is 17.5. The highest BCUT2D eigenvalue weighted by atomic mass is 35.5. The highest BCUT2D eigenvalue weighted by molar-refractivity contribution is 7.13. The maximum absolute atomic E-state index is 13.4. The van der Waals surface area contributed by atoms with Crippen LogP contribution in [0.25, 0.3) is 21.6 Å². The summed E-state index contributed by atoms with van der Waals surface area (Å²) in [6, 6.07) is 12.8. The van der Waals surface area contributed by atoms with Gasteiger partial charge in [-0.3, -0.25) is 4.79 Å². The number of anilines is 1. The van der Waals surface area contributed by atoms with Crippen molar-refractivity contribution in [2.24, 2.45) is 0 Å². The van der Waals surface area contributed by atoms with Gasteiger partial charge in [0.25, 0.3) is 5.91 Å². The molecule has 0 radical (unpaired) electrons. The fraction of sp³-hybridized carbons (Fsp3) is 0.130. The second-order valence-electron chi connectivity index (χ2n) is 7.29. The molecule has 0 aliphatic heterocycles. The highest BCUT2D eigenvalue weighted by Crippen LogP contribution is 2.29. The average molecular weight is 497 g/mol. The summed E-state index contributed by atoms with van der Waals surface area (Å²) in [5, 5.41) is 15.5. The molecule has 0 saturated heterocycles. The van der Waals surface area contributed by atoms with Crippen molar-refractivity contribution >= 4 is 57.3 Å². The van der Waals surface area contributed by atoms with Crippen molar-refractivity contribution in [1.82, 2.24) is 24.5 Å². The van der Waals surface area contributed by atoms with E-state index in [9.17, 15) is 4.79 Å². The molecule has 0 unspecified atom stereocenters. The number of pyridine rings is 1. The van der Waals surface area contributed by atoms with Crippen LogP contribution in [-0.4, -0.2) is 30.5 Å². The van der Waals surface area contributed by atoms with Crippen LogP contribution in [0.15, 0.2) is 60.2 Å². The number of halogens is 2. The number of nitrogens with zero attached hydrogens (tertiary/aromatic N) is 5. The smallest absolute Gasteiger partial charge is 0.257 e. The summed E-state index contributed by atoms with van der Waals surface area (Å²) >= 11 is 13.9. The molecule has 0 aliphatic rings. The van der Waals surface area contributed by atoms with Gasteiger partial charge in [-0.15, -0.1) is 11.3 Å². The van der Waals surface area contributed by atoms with Crippen molar-refractivity contribution < 1.29 is 4.79 Å². The number of thiophene rings is 1. The van der Waals surface area contributed by atoms with Crippen molar-refractivity contribution in [2.45, 2.75) is 20.0 Å². The molecular weight excluding hydrogens is 479 g/mol. The Balaban J connectivity index is 1.49. The second kappa shape index (κ2) is 8.97. The van der Waals surface area contributed by atoms with Gasteiger partial charge in [0.15, 0.2) is 5.65 Å². The van der Waals surface area contributed by atoms with E-state index in [4.69, 9.17) is 28.2 Å². The van der Waals surface area contributed by atoms with E-state index in [2.05, 4.69) is 15.5 Å². The lowest BCUT2D eigenvalue weighted by Crippen LogP contribution is -2.17. The predicted molar refractivity (Wildman–Crippen MR) is 132 cm³/mol. The van der Waals surface area contributed by atoms with E-state index in [1.54, 1.807) is 51.3 Å². The summed E-state index contributed by atoms with van der Waals surface area (Å²) in [7, 11) is 0. The van der Waals surface area contributed by atoms with Crippen LogP contribution in [0.1, 0.15) is 22.8 Å². The van der Waals surface area contributed by atoms with Gasteiger partial charge in [-0.1, -0.05) is 35.3 Å². The molecule has 0 aliphatic carbocycles. The number of hydrogen-bond acceptors (Lipinski definition) is 5. The van der Waals surface area contributed by atoms with Crippen LogP contribution in [-0.2, 0) is 13.1 Å². The molecule has 1 aromatic carbocycles. The summed E-state index contributed by atoms with van der Waals surface area (Å²) in [6.45, 7) is 3.03. The molecule has 33 heavy (non-hydrogen) atoms. The predicted octanol–water partition coefficient (Wildman–Crippen LogP) is 5.98. The van der Waals surface area contributed by atoms with Crippen molar-refractivity contribution in [3.63, 3.8) is 0 Å². The van der Waals surface area contributed by atoms with Crippen molar-refractivity contribution in [2.75, 3.05) is 5.32 Å². The van der Waals surface area contributed by atoms with Gasteiger partial charge < -0.3 is 5.32 Å². The van der Waals surface area contributed by atoms with E-state index in [0.29, 0.717) is 45.5 Å². The molecule has 1 N–H and O–H groups in total. The quantitative estimate of drug-likeness (QED) is 0.313. The molecule has 7 nitrogen and oxygen atoms in total. The van der Waals surface area contributed by atoms with Gasteiger partial charge in [-0.2, -0.15) is 10.2 Å². The number of amides is 1. The molecular formula is C23H18Cl2N6OS. The first kappa shape index (κ1) is 21.6. The van der Waals surface area contributed by atoms with Crippen LogP contribution in [0.3, 0.4) is 0 Å². The lowest BCUT2D eigenvalue weighted by molar-refractivity contribution is 0.102. The third-order valence-corrected chi connectivity index (χ3v) is 6.70. The fourth-order valence-corrected chi connectivity index (χ4v) is 4.73. The van der Waals surface area contributed by atoms with Crippen LogP contribution in [0.2, 0.25) is 10.0 Å². The summed E-state index contributed by atoms with van der Waals surface area (Å²) in [5.41, 5.74) is 2.76. The largest absolute Gasteiger partial charge is 0.307 e. The number of carbonyl (C=O) groups excluding carboxylic acids is 1. The number of nitrogens with one attached hydrogen (secondary N) is 1. The SMILES string of the molecule is CCn1ncc2c(C(=O)Nc3ccnn3Cc3ccc(Cl)cc3Cl)cc(-c3cccs3)nc21. The molecule has 0 spiro atoms. The van der Waals surface area contributed by atoms with E-state index in [-0.39, 0.29) is 5.91 Å². The Labute approximate surface area is 203 Å². The summed E-state index contributed by atoms with van der Waals surface area (Å²) in [6.07, 6.45) is 3.32. The Morgan fingerprint density at radius 1 is 1.12 bits per heavy atom. The van der Waals surface area contributed by atoms with Gasteiger partial charge in [-0.25, -0.2) is 14.3 Å². The normalized spacial score (nSPS) is 11.2. The number of fused-ring (bicyclic) bond motifs is 1. The molecule has 10 heteroatoms. The fourth-order valence-electron chi connectivity index (χ4n) is 3.58. The molecule has 1 amide bonds. The van der Waals surface area contributed by atoms with Gasteiger partial charge in [-0.05, 0) is 42.1 Å². The van der Waals surface area contributed by atoms with Gasteiger partial charge in [0.05, 0.1) is 40.5 Å². The van der Waals surface area contributed by atoms with Crippen molar-refractivity contribution in [3.8, 4) is 10.6 Å². The summed E-state index contributed by atoms with van der Waals surface area (Å²) in [4.78, 5) is 19.2. The van der Waals surface area contributed by atoms with E-state index < -0.39 is 0 Å². The summed E-state index contributed by atoms with van der Waals surface area (Å²) < 4.78 is 3.47. The third kappa shape index (κ3) is 4.25. The lowest BCUT2D eigenvalue weighted by atomic mass is 10.1. The van der Waals surface area contributed by atoms with Gasteiger partial charge in [0.2, 0.25) is 0 Å². The topological polar surface area (TPSA) is 77.6 Å². The number of carbonyl (C=O) groups is 1. The zero-order chi connectivity index (χ0) is 22.9. The molecule has 4 heterocycles. The maximum atomic E-state index is 13.4. The van der Waals surface area contributed by atoms with Crippen LogP contribution >= 0.6 is 34.5 Å². The molecule has 0 bridgehead atoms. The summed E-state index contributed by atoms with van der Waals surface area (Å²) in [5.74, 6) is 0.288. The Hall–Kier alpha value is -3.20. The standard InChI is InChI=1S/C23H18Cl2N6OS/c1-2-30-22-17(12-27-30)16(11-19(28-22)20-4-3-9-33-20)23(32)29-21-7-8-26-31(21)13-14-5-6-15(24)10-18(14)25/h3-12H,2,13H2,1H3,(H,29,32). The molecule has 4 aromatic heterocycles. The Morgan fingerprint density at radius 3 is 2.76 bits per heavy atom. The Bertz CT molecular complexity index is 1460. The van der Waals surface area contributed by atoms with Crippen LogP contribution in [0.4, 0.5) is 5.82 Å². The number of rotatable bonds is 6. The van der Waals surface area contributed by atoms with Gasteiger partial charge >= 0.3 is 0 Å².